The summed E-state index contributed by atoms with van der Waals surface area (Å²) in [6.07, 6.45) is 3.53. The number of benzene rings is 2. The van der Waals surface area contributed by atoms with E-state index in [0.717, 1.165) is 53.5 Å². The Balaban J connectivity index is 1.74. The minimum absolute atomic E-state index is 0.250. The lowest BCUT2D eigenvalue weighted by atomic mass is 10.1. The number of hydrogen-bond acceptors (Lipinski definition) is 4. The number of nitrogens with zero attached hydrogens (tertiary/aromatic N) is 2. The van der Waals surface area contributed by atoms with Crippen molar-refractivity contribution in [2.75, 3.05) is 31.5 Å². The third-order valence-corrected chi connectivity index (χ3v) is 5.30. The number of fused-ring (bicyclic) bond motifs is 2. The number of anilines is 1. The number of halogens is 1. The highest BCUT2D eigenvalue weighted by Gasteiger charge is 2.10. The lowest BCUT2D eigenvalue weighted by Crippen LogP contribution is -2.23. The molecular formula is C22H28ClN3O. The van der Waals surface area contributed by atoms with Crippen LogP contribution < -0.4 is 5.32 Å². The quantitative estimate of drug-likeness (QED) is 0.368. The summed E-state index contributed by atoms with van der Waals surface area (Å²) in [4.78, 5) is 7.16. The van der Waals surface area contributed by atoms with Gasteiger partial charge in [0.05, 0.1) is 16.7 Å². The van der Waals surface area contributed by atoms with E-state index in [1.165, 1.54) is 19.4 Å². The number of hydrogen-bond donors (Lipinski definition) is 2. The second kappa shape index (κ2) is 9.25. The van der Waals surface area contributed by atoms with E-state index in [1.54, 1.807) is 12.1 Å². The number of nitrogens with one attached hydrogen (secondary N) is 1. The first kappa shape index (κ1) is 19.7. The molecule has 0 aliphatic rings. The molecule has 0 amide bonds. The van der Waals surface area contributed by atoms with Gasteiger partial charge in [0.25, 0.3) is 0 Å². The largest absolute Gasteiger partial charge is 0.508 e. The Labute approximate surface area is 166 Å². The summed E-state index contributed by atoms with van der Waals surface area (Å²) >= 11 is 6.15. The van der Waals surface area contributed by atoms with Crippen molar-refractivity contribution >= 4 is 39.1 Å². The SMILES string of the molecule is CCN(CC)CCCCCNc1c2ccc(Cl)cc2nc2ccc(O)cc12. The topological polar surface area (TPSA) is 48.4 Å². The van der Waals surface area contributed by atoms with Gasteiger partial charge < -0.3 is 15.3 Å². The molecule has 0 saturated heterocycles. The average molecular weight is 386 g/mol. The molecule has 0 aliphatic heterocycles. The molecule has 4 nitrogen and oxygen atoms in total. The maximum atomic E-state index is 9.93. The third-order valence-electron chi connectivity index (χ3n) is 5.07. The number of phenolic OH excluding ortho intramolecular Hbond substituents is 1. The lowest BCUT2D eigenvalue weighted by Gasteiger charge is -2.17. The van der Waals surface area contributed by atoms with Crippen LogP contribution in [0.25, 0.3) is 21.8 Å². The van der Waals surface area contributed by atoms with Crippen LogP contribution in [0.4, 0.5) is 5.69 Å². The standard InChI is InChI=1S/C22H28ClN3O/c1-3-26(4-2)13-7-5-6-12-24-22-18-10-8-16(23)14-21(18)25-20-11-9-17(27)15-19(20)22/h8-11,14-15,27H,3-7,12-13H2,1-2H3,(H,24,25). The molecule has 27 heavy (non-hydrogen) atoms. The minimum Gasteiger partial charge on any atom is -0.508 e. The average Bonchev–Trinajstić information content (AvgIpc) is 2.67. The predicted octanol–water partition coefficient (Wildman–Crippen LogP) is 5.67. The molecule has 0 aliphatic carbocycles. The molecule has 3 aromatic rings. The molecule has 0 atom stereocenters. The van der Waals surface area contributed by atoms with E-state index in [9.17, 15) is 5.11 Å². The van der Waals surface area contributed by atoms with Crippen molar-refractivity contribution in [1.82, 2.24) is 9.88 Å². The maximum absolute atomic E-state index is 9.93. The Morgan fingerprint density at radius 1 is 0.963 bits per heavy atom. The van der Waals surface area contributed by atoms with Gasteiger partial charge in [0.15, 0.2) is 0 Å². The molecule has 3 rings (SSSR count). The molecule has 0 spiro atoms. The maximum Gasteiger partial charge on any atom is 0.116 e. The highest BCUT2D eigenvalue weighted by atomic mass is 35.5. The number of phenols is 1. The predicted molar refractivity (Wildman–Crippen MR) is 116 cm³/mol. The van der Waals surface area contributed by atoms with Crippen molar-refractivity contribution < 1.29 is 5.11 Å². The van der Waals surface area contributed by atoms with Crippen molar-refractivity contribution in [3.63, 3.8) is 0 Å². The highest BCUT2D eigenvalue weighted by Crippen LogP contribution is 2.33. The van der Waals surface area contributed by atoms with Crippen molar-refractivity contribution in [1.29, 1.82) is 0 Å². The van der Waals surface area contributed by atoms with E-state index in [1.807, 2.05) is 24.3 Å². The van der Waals surface area contributed by atoms with E-state index in [2.05, 4.69) is 24.1 Å². The van der Waals surface area contributed by atoms with Crippen LogP contribution in [-0.2, 0) is 0 Å². The summed E-state index contributed by atoms with van der Waals surface area (Å²) in [5.74, 6) is 0.250. The number of aromatic hydroxyl groups is 1. The number of rotatable bonds is 9. The Kier molecular flexibility index (Phi) is 6.75. The second-order valence-corrected chi connectivity index (χ2v) is 7.30. The van der Waals surface area contributed by atoms with Gasteiger partial charge in [-0.15, -0.1) is 0 Å². The van der Waals surface area contributed by atoms with Crippen LogP contribution >= 0.6 is 11.6 Å². The Morgan fingerprint density at radius 3 is 2.56 bits per heavy atom. The van der Waals surface area contributed by atoms with Gasteiger partial charge in [0.1, 0.15) is 5.75 Å². The molecule has 1 aromatic heterocycles. The summed E-state index contributed by atoms with van der Waals surface area (Å²) in [6, 6.07) is 11.1. The smallest absolute Gasteiger partial charge is 0.116 e. The highest BCUT2D eigenvalue weighted by molar-refractivity contribution is 6.31. The molecule has 0 unspecified atom stereocenters. The molecule has 2 aromatic carbocycles. The lowest BCUT2D eigenvalue weighted by molar-refractivity contribution is 0.296. The van der Waals surface area contributed by atoms with Gasteiger partial charge in [0.2, 0.25) is 0 Å². The van der Waals surface area contributed by atoms with E-state index >= 15 is 0 Å². The van der Waals surface area contributed by atoms with E-state index in [4.69, 9.17) is 16.6 Å². The van der Waals surface area contributed by atoms with Gasteiger partial charge in [-0.25, -0.2) is 4.98 Å². The van der Waals surface area contributed by atoms with Crippen LogP contribution in [-0.4, -0.2) is 41.2 Å². The monoisotopic (exact) mass is 385 g/mol. The van der Waals surface area contributed by atoms with Crippen molar-refractivity contribution in [2.24, 2.45) is 0 Å². The first-order valence-corrected chi connectivity index (χ1v) is 10.2. The molecule has 5 heteroatoms. The van der Waals surface area contributed by atoms with Gasteiger partial charge in [-0.05, 0) is 68.9 Å². The molecule has 0 bridgehead atoms. The number of pyridine rings is 1. The second-order valence-electron chi connectivity index (χ2n) is 6.86. The zero-order chi connectivity index (χ0) is 19.2. The first-order valence-electron chi connectivity index (χ1n) is 9.80. The fourth-order valence-electron chi connectivity index (χ4n) is 3.49. The van der Waals surface area contributed by atoms with Crippen LogP contribution in [0.5, 0.6) is 5.75 Å². The van der Waals surface area contributed by atoms with Crippen LogP contribution in [0.3, 0.4) is 0 Å². The zero-order valence-electron chi connectivity index (χ0n) is 16.1. The molecule has 1 heterocycles. The van der Waals surface area contributed by atoms with Crippen molar-refractivity contribution in [3.8, 4) is 5.75 Å². The fraction of sp³-hybridized carbons (Fsp3) is 0.409. The molecular weight excluding hydrogens is 358 g/mol. The summed E-state index contributed by atoms with van der Waals surface area (Å²) < 4.78 is 0. The van der Waals surface area contributed by atoms with Gasteiger partial charge in [-0.3, -0.25) is 0 Å². The number of unbranched alkanes of at least 4 members (excludes halogenated alkanes) is 2. The summed E-state index contributed by atoms with van der Waals surface area (Å²) in [6.45, 7) is 8.73. The molecule has 0 saturated carbocycles. The fourth-order valence-corrected chi connectivity index (χ4v) is 3.65. The Bertz CT molecular complexity index is 909. The summed E-state index contributed by atoms with van der Waals surface area (Å²) in [5.41, 5.74) is 2.74. The molecule has 0 radical (unpaired) electrons. The Morgan fingerprint density at radius 2 is 1.78 bits per heavy atom. The molecule has 2 N–H and O–H groups in total. The Hall–Kier alpha value is -2.04. The minimum atomic E-state index is 0.250. The zero-order valence-corrected chi connectivity index (χ0v) is 16.9. The van der Waals surface area contributed by atoms with Gasteiger partial charge in [-0.1, -0.05) is 31.9 Å². The molecule has 144 valence electrons. The summed E-state index contributed by atoms with van der Waals surface area (Å²) in [5, 5.41) is 16.2. The van der Waals surface area contributed by atoms with Gasteiger partial charge in [-0.2, -0.15) is 0 Å². The van der Waals surface area contributed by atoms with E-state index in [-0.39, 0.29) is 5.75 Å². The van der Waals surface area contributed by atoms with E-state index < -0.39 is 0 Å². The van der Waals surface area contributed by atoms with Crippen LogP contribution in [0.1, 0.15) is 33.1 Å². The first-order chi connectivity index (χ1) is 13.1. The van der Waals surface area contributed by atoms with Gasteiger partial charge >= 0.3 is 0 Å². The van der Waals surface area contributed by atoms with Crippen LogP contribution in [0.2, 0.25) is 5.02 Å². The van der Waals surface area contributed by atoms with Crippen molar-refractivity contribution in [2.45, 2.75) is 33.1 Å². The van der Waals surface area contributed by atoms with Crippen molar-refractivity contribution in [3.05, 3.63) is 41.4 Å². The third kappa shape index (κ3) is 4.82. The normalized spacial score (nSPS) is 11.6. The van der Waals surface area contributed by atoms with E-state index in [0.29, 0.717) is 5.02 Å². The molecule has 0 fully saturated rings. The number of aromatic nitrogens is 1. The summed E-state index contributed by atoms with van der Waals surface area (Å²) in [7, 11) is 0. The van der Waals surface area contributed by atoms with Gasteiger partial charge in [0, 0.05) is 22.3 Å². The van der Waals surface area contributed by atoms with Crippen LogP contribution in [0, 0.1) is 0 Å². The van der Waals surface area contributed by atoms with Crippen LogP contribution in [0.15, 0.2) is 36.4 Å².